The predicted molar refractivity (Wildman–Crippen MR) is 83.2 cm³/mol. The summed E-state index contributed by atoms with van der Waals surface area (Å²) in [6.07, 6.45) is 5.80. The summed E-state index contributed by atoms with van der Waals surface area (Å²) in [5, 5.41) is 13.0. The van der Waals surface area contributed by atoms with E-state index >= 15 is 0 Å². The fraction of sp³-hybridized carbons (Fsp3) is 0.938. The Balaban J connectivity index is 0.00000324. The first kappa shape index (κ1) is 18.4. The van der Waals surface area contributed by atoms with E-state index in [4.69, 9.17) is 0 Å². The van der Waals surface area contributed by atoms with Crippen LogP contribution in [-0.2, 0) is 0 Å². The number of hydrogen-bond donors (Lipinski definition) is 1. The average molecular weight is 267 g/mol. The molecule has 0 unspecified atom stereocenters. The molecular weight excluding hydrogens is 234 g/mol. The van der Waals surface area contributed by atoms with Crippen molar-refractivity contribution in [2.45, 2.75) is 78.3 Å². The van der Waals surface area contributed by atoms with Crippen LogP contribution in [0, 0.1) is 11.3 Å². The third-order valence-electron chi connectivity index (χ3n) is 3.62. The van der Waals surface area contributed by atoms with Crippen molar-refractivity contribution < 1.29 is 0 Å². The summed E-state index contributed by atoms with van der Waals surface area (Å²) >= 11 is 0. The lowest BCUT2D eigenvalue weighted by atomic mass is 9.86. The average Bonchev–Trinajstić information content (AvgIpc) is 2.30. The Labute approximate surface area is 120 Å². The largest absolute Gasteiger partial charge is 0.303 e. The van der Waals surface area contributed by atoms with Crippen LogP contribution in [0.2, 0.25) is 0 Å². The number of nitrogens with zero attached hydrogens (tertiary/aromatic N) is 2. The quantitative estimate of drug-likeness (QED) is 0.774. The van der Waals surface area contributed by atoms with Crippen molar-refractivity contribution in [3.63, 3.8) is 0 Å². The zero-order valence-corrected chi connectivity index (χ0v) is 12.6. The molecule has 1 aliphatic heterocycles. The van der Waals surface area contributed by atoms with Gasteiger partial charge in [-0.1, -0.05) is 27.2 Å². The SMILES string of the molecule is C.CCCCCN1CCC(C#N)(NC(C)(C)C)CC1. The fourth-order valence-corrected chi connectivity index (χ4v) is 2.73. The first-order valence-electron chi connectivity index (χ1n) is 7.34. The second-order valence-electron chi connectivity index (χ2n) is 6.62. The molecule has 0 saturated carbocycles. The maximum Gasteiger partial charge on any atom is 0.109 e. The topological polar surface area (TPSA) is 39.1 Å². The van der Waals surface area contributed by atoms with Crippen LogP contribution in [0.25, 0.3) is 0 Å². The Morgan fingerprint density at radius 3 is 2.21 bits per heavy atom. The van der Waals surface area contributed by atoms with Gasteiger partial charge in [0.15, 0.2) is 0 Å². The van der Waals surface area contributed by atoms with Crippen molar-refractivity contribution in [2.24, 2.45) is 0 Å². The molecule has 19 heavy (non-hydrogen) atoms. The van der Waals surface area contributed by atoms with E-state index in [-0.39, 0.29) is 18.5 Å². The molecule has 3 nitrogen and oxygen atoms in total. The van der Waals surface area contributed by atoms with Gasteiger partial charge in [-0.15, -0.1) is 0 Å². The minimum atomic E-state index is -0.306. The molecule has 1 heterocycles. The van der Waals surface area contributed by atoms with Crippen LogP contribution >= 0.6 is 0 Å². The Morgan fingerprint density at radius 2 is 1.79 bits per heavy atom. The molecule has 3 heteroatoms. The van der Waals surface area contributed by atoms with E-state index in [1.165, 1.54) is 25.8 Å². The summed E-state index contributed by atoms with van der Waals surface area (Å²) in [5.41, 5.74) is -0.292. The molecule has 1 aliphatic rings. The van der Waals surface area contributed by atoms with Gasteiger partial charge in [0.05, 0.1) is 6.07 Å². The van der Waals surface area contributed by atoms with Crippen LogP contribution in [0.5, 0.6) is 0 Å². The van der Waals surface area contributed by atoms with Crippen molar-refractivity contribution in [2.75, 3.05) is 19.6 Å². The lowest BCUT2D eigenvalue weighted by molar-refractivity contribution is 0.144. The second-order valence-corrected chi connectivity index (χ2v) is 6.62. The predicted octanol–water partition coefficient (Wildman–Crippen LogP) is 3.56. The van der Waals surface area contributed by atoms with Gasteiger partial charge in [0.1, 0.15) is 5.54 Å². The van der Waals surface area contributed by atoms with E-state index in [9.17, 15) is 5.26 Å². The molecule has 0 spiro atoms. The molecule has 112 valence electrons. The Morgan fingerprint density at radius 1 is 1.21 bits per heavy atom. The van der Waals surface area contributed by atoms with E-state index in [2.05, 4.69) is 44.0 Å². The fourth-order valence-electron chi connectivity index (χ4n) is 2.73. The number of hydrogen-bond acceptors (Lipinski definition) is 3. The van der Waals surface area contributed by atoms with Crippen LogP contribution in [0.3, 0.4) is 0 Å². The smallest absolute Gasteiger partial charge is 0.109 e. The van der Waals surface area contributed by atoms with E-state index in [0.29, 0.717) is 0 Å². The highest BCUT2D eigenvalue weighted by Crippen LogP contribution is 2.24. The van der Waals surface area contributed by atoms with Crippen LogP contribution in [0.15, 0.2) is 0 Å². The Hall–Kier alpha value is -0.590. The number of nitriles is 1. The van der Waals surface area contributed by atoms with Crippen LogP contribution < -0.4 is 5.32 Å². The molecule has 0 radical (unpaired) electrons. The number of rotatable bonds is 5. The third-order valence-corrected chi connectivity index (χ3v) is 3.62. The lowest BCUT2D eigenvalue weighted by Crippen LogP contribution is -2.58. The van der Waals surface area contributed by atoms with Gasteiger partial charge in [-0.05, 0) is 46.6 Å². The van der Waals surface area contributed by atoms with Crippen LogP contribution in [-0.4, -0.2) is 35.6 Å². The standard InChI is InChI=1S/C15H29N3.CH4/c1-5-6-7-10-18-11-8-15(13-16,9-12-18)17-14(2,3)4;/h17H,5-12H2,1-4H3;1H4. The Bertz CT molecular complexity index is 277. The van der Waals surface area contributed by atoms with Gasteiger partial charge in [0.2, 0.25) is 0 Å². The van der Waals surface area contributed by atoms with Gasteiger partial charge in [0, 0.05) is 18.6 Å². The number of nitrogens with one attached hydrogen (secondary N) is 1. The van der Waals surface area contributed by atoms with Gasteiger partial charge < -0.3 is 4.90 Å². The molecule has 0 bridgehead atoms. The zero-order chi connectivity index (χ0) is 13.6. The van der Waals surface area contributed by atoms with Crippen LogP contribution in [0.4, 0.5) is 0 Å². The summed E-state index contributed by atoms with van der Waals surface area (Å²) in [6, 6.07) is 2.52. The molecule has 1 fully saturated rings. The Kier molecular flexibility index (Phi) is 7.62. The molecule has 1 rings (SSSR count). The summed E-state index contributed by atoms with van der Waals surface area (Å²) < 4.78 is 0. The minimum absolute atomic E-state index is 0. The molecule has 0 atom stereocenters. The van der Waals surface area contributed by atoms with Crippen molar-refractivity contribution in [1.82, 2.24) is 10.2 Å². The van der Waals surface area contributed by atoms with E-state index in [0.717, 1.165) is 25.9 Å². The summed E-state index contributed by atoms with van der Waals surface area (Å²) in [7, 11) is 0. The highest BCUT2D eigenvalue weighted by atomic mass is 15.2. The molecule has 0 aromatic heterocycles. The number of likely N-dealkylation sites (tertiary alicyclic amines) is 1. The van der Waals surface area contributed by atoms with Crippen molar-refractivity contribution in [1.29, 1.82) is 5.26 Å². The van der Waals surface area contributed by atoms with Gasteiger partial charge in [-0.3, -0.25) is 5.32 Å². The number of unbranched alkanes of at least 4 members (excludes halogenated alkanes) is 2. The van der Waals surface area contributed by atoms with Gasteiger partial charge in [0.25, 0.3) is 0 Å². The molecular formula is C16H33N3. The molecule has 1 saturated heterocycles. The first-order valence-corrected chi connectivity index (χ1v) is 7.34. The van der Waals surface area contributed by atoms with Crippen LogP contribution in [0.1, 0.15) is 67.2 Å². The maximum atomic E-state index is 9.47. The normalized spacial score (nSPS) is 19.5. The van der Waals surface area contributed by atoms with E-state index in [1.54, 1.807) is 0 Å². The molecule has 0 aromatic carbocycles. The highest BCUT2D eigenvalue weighted by Gasteiger charge is 2.37. The molecule has 1 N–H and O–H groups in total. The second kappa shape index (κ2) is 7.87. The van der Waals surface area contributed by atoms with Crippen molar-refractivity contribution in [3.8, 4) is 6.07 Å². The summed E-state index contributed by atoms with van der Waals surface area (Å²) in [4.78, 5) is 2.51. The van der Waals surface area contributed by atoms with E-state index < -0.39 is 0 Å². The van der Waals surface area contributed by atoms with E-state index in [1.807, 2.05) is 0 Å². The minimum Gasteiger partial charge on any atom is -0.303 e. The van der Waals surface area contributed by atoms with Gasteiger partial charge in [-0.2, -0.15) is 5.26 Å². The number of piperidine rings is 1. The zero-order valence-electron chi connectivity index (χ0n) is 12.6. The summed E-state index contributed by atoms with van der Waals surface area (Å²) in [5.74, 6) is 0. The lowest BCUT2D eigenvalue weighted by Gasteiger charge is -2.41. The van der Waals surface area contributed by atoms with Gasteiger partial charge in [-0.25, -0.2) is 0 Å². The maximum absolute atomic E-state index is 9.47. The van der Waals surface area contributed by atoms with Gasteiger partial charge >= 0.3 is 0 Å². The van der Waals surface area contributed by atoms with Crippen molar-refractivity contribution in [3.05, 3.63) is 0 Å². The summed E-state index contributed by atoms with van der Waals surface area (Å²) in [6.45, 7) is 12.0. The monoisotopic (exact) mass is 267 g/mol. The third kappa shape index (κ3) is 6.40. The first-order chi connectivity index (χ1) is 8.41. The van der Waals surface area contributed by atoms with Crippen molar-refractivity contribution >= 4 is 0 Å². The highest BCUT2D eigenvalue weighted by molar-refractivity contribution is 5.11. The molecule has 0 amide bonds. The molecule has 0 aromatic rings. The molecule has 0 aliphatic carbocycles.